The Morgan fingerprint density at radius 2 is 1.95 bits per heavy atom. The molecule has 2 aromatic rings. The molecule has 0 spiro atoms. The fourth-order valence-corrected chi connectivity index (χ4v) is 2.74. The van der Waals surface area contributed by atoms with E-state index in [-0.39, 0.29) is 6.10 Å². The van der Waals surface area contributed by atoms with Gasteiger partial charge in [0.05, 0.1) is 12.7 Å². The van der Waals surface area contributed by atoms with Crippen molar-refractivity contribution in [2.75, 3.05) is 13.2 Å². The largest absolute Gasteiger partial charge is 0.490 e. The van der Waals surface area contributed by atoms with E-state index >= 15 is 0 Å². The van der Waals surface area contributed by atoms with E-state index in [0.29, 0.717) is 6.61 Å². The summed E-state index contributed by atoms with van der Waals surface area (Å²) in [7, 11) is 0. The Morgan fingerprint density at radius 1 is 1.19 bits per heavy atom. The lowest BCUT2D eigenvalue weighted by Crippen LogP contribution is -2.22. The van der Waals surface area contributed by atoms with E-state index in [4.69, 9.17) is 9.47 Å². The number of benzene rings is 2. The lowest BCUT2D eigenvalue weighted by molar-refractivity contribution is 0.00946. The minimum Gasteiger partial charge on any atom is -0.490 e. The SMILES string of the molecule is C[C@H](O)c1ccccc1OCC1OCCc2ccccc21. The Kier molecular flexibility index (Phi) is 4.23. The van der Waals surface area contributed by atoms with Gasteiger partial charge in [0.25, 0.3) is 0 Å². The summed E-state index contributed by atoms with van der Waals surface area (Å²) in [5, 5.41) is 9.79. The van der Waals surface area contributed by atoms with Crippen molar-refractivity contribution in [2.45, 2.75) is 25.6 Å². The van der Waals surface area contributed by atoms with Gasteiger partial charge in [-0.25, -0.2) is 0 Å². The molecule has 3 nitrogen and oxygen atoms in total. The highest BCUT2D eigenvalue weighted by Crippen LogP contribution is 2.30. The highest BCUT2D eigenvalue weighted by molar-refractivity contribution is 5.35. The van der Waals surface area contributed by atoms with Crippen LogP contribution < -0.4 is 4.74 Å². The van der Waals surface area contributed by atoms with Crippen LogP contribution in [0.4, 0.5) is 0 Å². The lowest BCUT2D eigenvalue weighted by atomic mass is 9.98. The number of rotatable bonds is 4. The molecular weight excluding hydrogens is 264 g/mol. The van der Waals surface area contributed by atoms with E-state index < -0.39 is 6.10 Å². The standard InChI is InChI=1S/C18H20O3/c1-13(19)15-7-4-5-9-17(15)21-12-18-16-8-3-2-6-14(16)10-11-20-18/h2-9,13,18-19H,10-12H2,1H3/t13-,18?/m0/s1. The molecule has 1 heterocycles. The first kappa shape index (κ1) is 14.1. The van der Waals surface area contributed by atoms with Crippen molar-refractivity contribution in [1.82, 2.24) is 0 Å². The molecule has 1 aliphatic rings. The molecule has 0 fully saturated rings. The van der Waals surface area contributed by atoms with Gasteiger partial charge in [-0.2, -0.15) is 0 Å². The fraction of sp³-hybridized carbons (Fsp3) is 0.333. The Labute approximate surface area is 125 Å². The van der Waals surface area contributed by atoms with E-state index in [2.05, 4.69) is 18.2 Å². The number of fused-ring (bicyclic) bond motifs is 1. The number of para-hydroxylation sites is 1. The molecule has 1 unspecified atom stereocenters. The molecule has 2 aromatic carbocycles. The van der Waals surface area contributed by atoms with Crippen molar-refractivity contribution in [3.8, 4) is 5.75 Å². The first-order valence-corrected chi connectivity index (χ1v) is 7.35. The maximum atomic E-state index is 9.79. The van der Waals surface area contributed by atoms with Crippen LogP contribution in [0.2, 0.25) is 0 Å². The van der Waals surface area contributed by atoms with Gasteiger partial charge in [-0.3, -0.25) is 0 Å². The second-order valence-electron chi connectivity index (χ2n) is 5.33. The third kappa shape index (κ3) is 3.09. The average Bonchev–Trinajstić information content (AvgIpc) is 2.53. The second kappa shape index (κ2) is 6.29. The number of aliphatic hydroxyl groups is 1. The van der Waals surface area contributed by atoms with Crippen LogP contribution in [0.25, 0.3) is 0 Å². The quantitative estimate of drug-likeness (QED) is 0.934. The van der Waals surface area contributed by atoms with Crippen molar-refractivity contribution >= 4 is 0 Å². The maximum absolute atomic E-state index is 9.79. The summed E-state index contributed by atoms with van der Waals surface area (Å²) in [6.45, 7) is 2.93. The number of ether oxygens (including phenoxy) is 2. The van der Waals surface area contributed by atoms with Crippen molar-refractivity contribution in [2.24, 2.45) is 0 Å². The second-order valence-corrected chi connectivity index (χ2v) is 5.33. The first-order chi connectivity index (χ1) is 10.3. The predicted octanol–water partition coefficient (Wildman–Crippen LogP) is 3.43. The van der Waals surface area contributed by atoms with E-state index in [1.807, 2.05) is 30.3 Å². The van der Waals surface area contributed by atoms with E-state index in [9.17, 15) is 5.11 Å². The normalized spacial score (nSPS) is 18.9. The molecule has 110 valence electrons. The van der Waals surface area contributed by atoms with Crippen LogP contribution in [0.3, 0.4) is 0 Å². The Morgan fingerprint density at radius 3 is 2.81 bits per heavy atom. The summed E-state index contributed by atoms with van der Waals surface area (Å²) >= 11 is 0. The van der Waals surface area contributed by atoms with E-state index in [0.717, 1.165) is 24.3 Å². The molecule has 0 aromatic heterocycles. The number of hydrogen-bond donors (Lipinski definition) is 1. The van der Waals surface area contributed by atoms with Crippen LogP contribution in [0, 0.1) is 0 Å². The minimum atomic E-state index is -0.541. The summed E-state index contributed by atoms with van der Waals surface area (Å²) in [6, 6.07) is 15.9. The minimum absolute atomic E-state index is 0.0444. The van der Waals surface area contributed by atoms with Gasteiger partial charge in [0.15, 0.2) is 0 Å². The molecule has 1 N–H and O–H groups in total. The van der Waals surface area contributed by atoms with Crippen molar-refractivity contribution < 1.29 is 14.6 Å². The molecule has 3 heteroatoms. The molecule has 21 heavy (non-hydrogen) atoms. The topological polar surface area (TPSA) is 38.7 Å². The molecule has 0 bridgehead atoms. The zero-order valence-electron chi connectivity index (χ0n) is 12.2. The molecule has 0 saturated carbocycles. The van der Waals surface area contributed by atoms with Crippen LogP contribution in [0.15, 0.2) is 48.5 Å². The molecular formula is C18H20O3. The summed E-state index contributed by atoms with van der Waals surface area (Å²) < 4.78 is 11.7. The van der Waals surface area contributed by atoms with Crippen LogP contribution in [0.1, 0.15) is 35.8 Å². The van der Waals surface area contributed by atoms with Crippen LogP contribution in [-0.2, 0) is 11.2 Å². The Bertz CT molecular complexity index is 607. The zero-order valence-corrected chi connectivity index (χ0v) is 12.2. The smallest absolute Gasteiger partial charge is 0.125 e. The van der Waals surface area contributed by atoms with Crippen molar-refractivity contribution in [1.29, 1.82) is 0 Å². The molecule has 0 saturated heterocycles. The van der Waals surface area contributed by atoms with Crippen LogP contribution >= 0.6 is 0 Å². The first-order valence-electron chi connectivity index (χ1n) is 7.35. The molecule has 2 atom stereocenters. The van der Waals surface area contributed by atoms with Gasteiger partial charge in [0.2, 0.25) is 0 Å². The third-order valence-corrected chi connectivity index (χ3v) is 3.85. The Balaban J connectivity index is 1.75. The molecule has 3 rings (SSSR count). The Hall–Kier alpha value is -1.84. The highest BCUT2D eigenvalue weighted by Gasteiger charge is 2.21. The number of hydrogen-bond acceptors (Lipinski definition) is 3. The van der Waals surface area contributed by atoms with Gasteiger partial charge in [-0.15, -0.1) is 0 Å². The van der Waals surface area contributed by atoms with E-state index in [1.165, 1.54) is 11.1 Å². The molecule has 0 aliphatic carbocycles. The third-order valence-electron chi connectivity index (χ3n) is 3.85. The van der Waals surface area contributed by atoms with Gasteiger partial charge in [-0.05, 0) is 30.5 Å². The predicted molar refractivity (Wildman–Crippen MR) is 81.4 cm³/mol. The zero-order chi connectivity index (χ0) is 14.7. The van der Waals surface area contributed by atoms with Gasteiger partial charge >= 0.3 is 0 Å². The van der Waals surface area contributed by atoms with Crippen molar-refractivity contribution in [3.63, 3.8) is 0 Å². The summed E-state index contributed by atoms with van der Waals surface area (Å²) in [4.78, 5) is 0. The van der Waals surface area contributed by atoms with Gasteiger partial charge in [0.1, 0.15) is 18.5 Å². The highest BCUT2D eigenvalue weighted by atomic mass is 16.5. The maximum Gasteiger partial charge on any atom is 0.125 e. The summed E-state index contributed by atoms with van der Waals surface area (Å²) in [5.41, 5.74) is 3.35. The molecule has 0 amide bonds. The van der Waals surface area contributed by atoms with Crippen molar-refractivity contribution in [3.05, 3.63) is 65.2 Å². The van der Waals surface area contributed by atoms with Gasteiger partial charge in [-0.1, -0.05) is 42.5 Å². The van der Waals surface area contributed by atoms with Crippen LogP contribution in [-0.4, -0.2) is 18.3 Å². The summed E-state index contributed by atoms with van der Waals surface area (Å²) in [6.07, 6.45) is 0.370. The monoisotopic (exact) mass is 284 g/mol. The molecule has 0 radical (unpaired) electrons. The number of aliphatic hydroxyl groups excluding tert-OH is 1. The lowest BCUT2D eigenvalue weighted by Gasteiger charge is -2.26. The van der Waals surface area contributed by atoms with Crippen LogP contribution in [0.5, 0.6) is 5.75 Å². The van der Waals surface area contributed by atoms with E-state index in [1.54, 1.807) is 6.92 Å². The van der Waals surface area contributed by atoms with Gasteiger partial charge < -0.3 is 14.6 Å². The fourth-order valence-electron chi connectivity index (χ4n) is 2.74. The average molecular weight is 284 g/mol. The molecule has 1 aliphatic heterocycles. The summed E-state index contributed by atoms with van der Waals surface area (Å²) in [5.74, 6) is 0.721. The van der Waals surface area contributed by atoms with Gasteiger partial charge in [0, 0.05) is 5.56 Å².